The molecule has 0 radical (unpaired) electrons. The molecule has 7 nitrogen and oxygen atoms in total. The summed E-state index contributed by atoms with van der Waals surface area (Å²) in [4.78, 5) is 12.6. The lowest BCUT2D eigenvalue weighted by atomic mass is 9.80. The number of carbonyl (C=O) groups is 1. The number of hydrogen-bond acceptors (Lipinski definition) is 6. The molecule has 0 saturated heterocycles. The van der Waals surface area contributed by atoms with E-state index in [9.17, 15) is 4.79 Å². The zero-order valence-electron chi connectivity index (χ0n) is 21.3. The number of ether oxygens (including phenoxy) is 1. The van der Waals surface area contributed by atoms with Gasteiger partial charge in [-0.15, -0.1) is 10.2 Å². The van der Waals surface area contributed by atoms with E-state index in [1.165, 1.54) is 0 Å². The molecule has 3 rings (SSSR count). The fraction of sp³-hybridized carbons (Fsp3) is 0.500. The molecule has 0 aliphatic heterocycles. The number of rotatable bonds is 9. The van der Waals surface area contributed by atoms with Crippen molar-refractivity contribution in [3.63, 3.8) is 0 Å². The van der Waals surface area contributed by atoms with E-state index in [1.807, 2.05) is 37.3 Å². The molecule has 1 N–H and O–H groups in total. The molecule has 1 fully saturated rings. The van der Waals surface area contributed by atoms with Gasteiger partial charge in [0, 0.05) is 23.1 Å². The topological polar surface area (TPSA) is 86.5 Å². The molecule has 0 bridgehead atoms. The van der Waals surface area contributed by atoms with Crippen LogP contribution in [-0.4, -0.2) is 37.6 Å². The summed E-state index contributed by atoms with van der Waals surface area (Å²) in [6.45, 7) is 16.9. The van der Waals surface area contributed by atoms with Gasteiger partial charge in [0.2, 0.25) is 11.8 Å². The third kappa shape index (κ3) is 6.04. The molecule has 1 saturated carbocycles. The highest BCUT2D eigenvalue weighted by atomic mass is 28.4. The minimum absolute atomic E-state index is 0.0432. The first-order valence-electron chi connectivity index (χ1n) is 11.7. The van der Waals surface area contributed by atoms with Gasteiger partial charge in [-0.3, -0.25) is 4.79 Å². The third-order valence-corrected chi connectivity index (χ3v) is 11.3. The molecule has 1 aromatic carbocycles. The van der Waals surface area contributed by atoms with E-state index in [0.29, 0.717) is 23.1 Å². The van der Waals surface area contributed by atoms with Crippen molar-refractivity contribution in [2.75, 3.05) is 7.11 Å². The maximum atomic E-state index is 12.6. The van der Waals surface area contributed by atoms with Crippen LogP contribution in [0.4, 0.5) is 0 Å². The maximum Gasteiger partial charge on any atom is 0.251 e. The molecule has 8 heteroatoms. The quantitative estimate of drug-likeness (QED) is 0.211. The van der Waals surface area contributed by atoms with Crippen molar-refractivity contribution < 1.29 is 18.4 Å². The number of nitrogens with zero attached hydrogens (tertiary/aromatic N) is 2. The predicted octanol–water partition coefficient (Wildman–Crippen LogP) is 5.76. The van der Waals surface area contributed by atoms with E-state index in [4.69, 9.17) is 13.6 Å². The van der Waals surface area contributed by atoms with Crippen molar-refractivity contribution in [1.82, 2.24) is 15.5 Å². The van der Waals surface area contributed by atoms with Gasteiger partial charge in [0.15, 0.2) is 8.32 Å². The molecule has 1 aromatic heterocycles. The summed E-state index contributed by atoms with van der Waals surface area (Å²) in [6, 6.07) is 9.66. The molecule has 0 unspecified atom stereocenters. The largest absolute Gasteiger partial charge is 0.496 e. The number of methoxy groups -OCH3 is 1. The number of amides is 1. The van der Waals surface area contributed by atoms with E-state index >= 15 is 0 Å². The van der Waals surface area contributed by atoms with Crippen LogP contribution in [-0.2, 0) is 14.0 Å². The highest BCUT2D eigenvalue weighted by Gasteiger charge is 2.40. The second kappa shape index (κ2) is 10.3. The SMILES string of the molecule is C=C(/C=C(\OC)c1ccccc1)C(=O)NC1CC(c2nnc([C@@H](C)O[Si](C)(C)C(C)(C)C)o2)C1. The molecule has 1 amide bonds. The van der Waals surface area contributed by atoms with Crippen LogP contribution in [0.5, 0.6) is 0 Å². The van der Waals surface area contributed by atoms with Gasteiger partial charge in [-0.2, -0.15) is 0 Å². The lowest BCUT2D eigenvalue weighted by molar-refractivity contribution is -0.118. The molecule has 1 heterocycles. The van der Waals surface area contributed by atoms with E-state index < -0.39 is 8.32 Å². The van der Waals surface area contributed by atoms with E-state index in [2.05, 4.69) is 56.0 Å². The van der Waals surface area contributed by atoms with Gasteiger partial charge in [0.05, 0.1) is 7.11 Å². The molecule has 1 aliphatic carbocycles. The molecule has 2 aromatic rings. The highest BCUT2D eigenvalue weighted by molar-refractivity contribution is 6.74. The summed E-state index contributed by atoms with van der Waals surface area (Å²) in [5.41, 5.74) is 1.24. The number of benzene rings is 1. The van der Waals surface area contributed by atoms with Crippen LogP contribution in [0.3, 0.4) is 0 Å². The second-order valence-electron chi connectivity index (χ2n) is 10.4. The fourth-order valence-electron chi connectivity index (χ4n) is 3.55. The number of carbonyl (C=O) groups excluding carboxylic acids is 1. The Balaban J connectivity index is 1.52. The summed E-state index contributed by atoms with van der Waals surface area (Å²) in [6.07, 6.45) is 2.91. The molecule has 184 valence electrons. The zero-order chi connectivity index (χ0) is 25.1. The van der Waals surface area contributed by atoms with Crippen LogP contribution in [0.15, 0.2) is 53.0 Å². The van der Waals surface area contributed by atoms with Crippen molar-refractivity contribution >= 4 is 20.0 Å². The number of aromatic nitrogens is 2. The number of nitrogens with one attached hydrogen (secondary N) is 1. The van der Waals surface area contributed by atoms with Crippen LogP contribution in [0.1, 0.15) is 69.9 Å². The Morgan fingerprint density at radius 1 is 1.24 bits per heavy atom. The fourth-order valence-corrected chi connectivity index (χ4v) is 4.88. The van der Waals surface area contributed by atoms with Crippen LogP contribution < -0.4 is 5.32 Å². The Morgan fingerprint density at radius 3 is 2.47 bits per heavy atom. The minimum Gasteiger partial charge on any atom is -0.496 e. The first kappa shape index (κ1) is 25.9. The Morgan fingerprint density at radius 2 is 1.88 bits per heavy atom. The monoisotopic (exact) mass is 483 g/mol. The van der Waals surface area contributed by atoms with Gasteiger partial charge < -0.3 is 18.9 Å². The van der Waals surface area contributed by atoms with Gasteiger partial charge in [-0.05, 0) is 44.0 Å². The lowest BCUT2D eigenvalue weighted by Gasteiger charge is -2.37. The highest BCUT2D eigenvalue weighted by Crippen LogP contribution is 2.40. The molecular formula is C26H37N3O4Si. The van der Waals surface area contributed by atoms with Gasteiger partial charge >= 0.3 is 0 Å². The van der Waals surface area contributed by atoms with Crippen molar-refractivity contribution in [2.24, 2.45) is 0 Å². The first-order valence-corrected chi connectivity index (χ1v) is 14.6. The van der Waals surface area contributed by atoms with Crippen molar-refractivity contribution in [3.05, 3.63) is 65.9 Å². The molecule has 0 spiro atoms. The van der Waals surface area contributed by atoms with Gasteiger partial charge in [0.25, 0.3) is 5.91 Å². The summed E-state index contributed by atoms with van der Waals surface area (Å²) >= 11 is 0. The average Bonchev–Trinajstić information content (AvgIpc) is 3.23. The summed E-state index contributed by atoms with van der Waals surface area (Å²) in [5, 5.41) is 11.6. The Bertz CT molecular complexity index is 1030. The van der Waals surface area contributed by atoms with Crippen LogP contribution >= 0.6 is 0 Å². The van der Waals surface area contributed by atoms with Crippen molar-refractivity contribution in [2.45, 2.75) is 76.7 Å². The van der Waals surface area contributed by atoms with E-state index in [1.54, 1.807) is 13.2 Å². The first-order chi connectivity index (χ1) is 15.9. The minimum atomic E-state index is -1.94. The summed E-state index contributed by atoms with van der Waals surface area (Å²) < 4.78 is 17.7. The van der Waals surface area contributed by atoms with Gasteiger partial charge in [-0.25, -0.2) is 0 Å². The Labute approximate surface area is 203 Å². The van der Waals surface area contributed by atoms with Crippen LogP contribution in [0.25, 0.3) is 5.76 Å². The predicted molar refractivity (Wildman–Crippen MR) is 135 cm³/mol. The second-order valence-corrected chi connectivity index (χ2v) is 15.2. The summed E-state index contributed by atoms with van der Waals surface area (Å²) in [7, 11) is -0.356. The zero-order valence-corrected chi connectivity index (χ0v) is 22.3. The van der Waals surface area contributed by atoms with Gasteiger partial charge in [-0.1, -0.05) is 57.7 Å². The Hall–Kier alpha value is -2.71. The van der Waals surface area contributed by atoms with E-state index in [-0.39, 0.29) is 29.0 Å². The normalized spacial score (nSPS) is 19.8. The van der Waals surface area contributed by atoms with Crippen LogP contribution in [0.2, 0.25) is 18.1 Å². The molecular weight excluding hydrogens is 446 g/mol. The average molecular weight is 484 g/mol. The van der Waals surface area contributed by atoms with Crippen molar-refractivity contribution in [1.29, 1.82) is 0 Å². The van der Waals surface area contributed by atoms with E-state index in [0.717, 1.165) is 18.4 Å². The number of hydrogen-bond donors (Lipinski definition) is 1. The van der Waals surface area contributed by atoms with Crippen LogP contribution in [0, 0.1) is 0 Å². The Kier molecular flexibility index (Phi) is 7.83. The molecule has 34 heavy (non-hydrogen) atoms. The standard InChI is InChI=1S/C26H37N3O4Si/c1-17(14-22(31-6)19-12-10-9-11-13-19)23(30)27-21-15-20(16-21)25-29-28-24(32-25)18(2)33-34(7,8)26(3,4)5/h9-14,18,20-21H,1,15-16H2,2-8H3,(H,27,30)/b22-14-/t18-,20?,21?/m1/s1. The molecule has 1 atom stereocenters. The smallest absolute Gasteiger partial charge is 0.251 e. The van der Waals surface area contributed by atoms with Gasteiger partial charge in [0.1, 0.15) is 11.9 Å². The van der Waals surface area contributed by atoms with Crippen molar-refractivity contribution in [3.8, 4) is 0 Å². The maximum absolute atomic E-state index is 12.6. The third-order valence-electron chi connectivity index (χ3n) is 6.78. The molecule has 1 aliphatic rings. The lowest BCUT2D eigenvalue weighted by Crippen LogP contribution is -2.43. The summed E-state index contributed by atoms with van der Waals surface area (Å²) in [5.74, 6) is 1.64.